The van der Waals surface area contributed by atoms with Crippen LogP contribution in [0.5, 0.6) is 0 Å². The van der Waals surface area contributed by atoms with Gasteiger partial charge in [0.05, 0.1) is 10.6 Å². The van der Waals surface area contributed by atoms with E-state index < -0.39 is 0 Å². The first-order chi connectivity index (χ1) is 12.5. The lowest BCUT2D eigenvalue weighted by atomic mass is 10.2. The van der Waals surface area contributed by atoms with Gasteiger partial charge in [0.2, 0.25) is 5.91 Å². The zero-order valence-electron chi connectivity index (χ0n) is 14.9. The summed E-state index contributed by atoms with van der Waals surface area (Å²) in [4.78, 5) is 17.0. The Morgan fingerprint density at radius 1 is 1.15 bits per heavy atom. The fourth-order valence-electron chi connectivity index (χ4n) is 2.26. The molecular weight excluding hydrogens is 368 g/mol. The Labute approximate surface area is 160 Å². The van der Waals surface area contributed by atoms with Gasteiger partial charge in [-0.05, 0) is 29.1 Å². The van der Waals surface area contributed by atoms with Gasteiger partial charge in [0.15, 0.2) is 0 Å². The van der Waals surface area contributed by atoms with Gasteiger partial charge in [-0.25, -0.2) is 0 Å². The van der Waals surface area contributed by atoms with E-state index in [1.165, 1.54) is 23.1 Å². The van der Waals surface area contributed by atoms with E-state index in [0.29, 0.717) is 17.7 Å². The van der Waals surface area contributed by atoms with Crippen molar-refractivity contribution < 1.29 is 9.21 Å². The van der Waals surface area contributed by atoms with Crippen molar-refractivity contribution in [2.75, 3.05) is 31.8 Å². The van der Waals surface area contributed by atoms with E-state index in [1.807, 2.05) is 60.8 Å². The van der Waals surface area contributed by atoms with Crippen molar-refractivity contribution in [1.29, 1.82) is 0 Å². The Balaban J connectivity index is 1.51. The molecule has 0 aliphatic carbocycles. The largest absolute Gasteiger partial charge is 0.410 e. The molecule has 0 spiro atoms. The maximum atomic E-state index is 12.3. The second-order valence-electron chi connectivity index (χ2n) is 5.95. The second kappa shape index (κ2) is 8.37. The number of anilines is 1. The molecule has 0 aliphatic heterocycles. The Morgan fingerprint density at radius 2 is 1.92 bits per heavy atom. The number of hydrogen-bond donors (Lipinski definition) is 0. The standard InChI is InChI=1S/C18H20N4O2S2/c1-21(2)14-8-6-13(7-9-14)11-22(3)16(23)12-26-18-20-19-17(24-18)15-5-4-10-25-15/h4-10H,11-12H2,1-3H3. The minimum atomic E-state index is 0.0163. The molecule has 0 atom stereocenters. The van der Waals surface area contributed by atoms with Gasteiger partial charge in [0, 0.05) is 33.4 Å². The number of rotatable bonds is 7. The zero-order chi connectivity index (χ0) is 18.5. The number of hydrogen-bond acceptors (Lipinski definition) is 7. The summed E-state index contributed by atoms with van der Waals surface area (Å²) in [6.07, 6.45) is 0. The van der Waals surface area contributed by atoms with Crippen molar-refractivity contribution in [1.82, 2.24) is 15.1 Å². The quantitative estimate of drug-likeness (QED) is 0.576. The highest BCUT2D eigenvalue weighted by Gasteiger charge is 2.14. The molecule has 0 saturated heterocycles. The van der Waals surface area contributed by atoms with Gasteiger partial charge in [-0.15, -0.1) is 21.5 Å². The third-order valence-electron chi connectivity index (χ3n) is 3.76. The number of nitrogens with zero attached hydrogens (tertiary/aromatic N) is 4. The van der Waals surface area contributed by atoms with Crippen LogP contribution in [0.2, 0.25) is 0 Å². The molecule has 0 bridgehead atoms. The van der Waals surface area contributed by atoms with Gasteiger partial charge < -0.3 is 14.2 Å². The fourth-order valence-corrected chi connectivity index (χ4v) is 3.61. The molecule has 0 fully saturated rings. The molecule has 26 heavy (non-hydrogen) atoms. The SMILES string of the molecule is CN(Cc1ccc(N(C)C)cc1)C(=O)CSc1nnc(-c2cccs2)o1. The van der Waals surface area contributed by atoms with E-state index in [-0.39, 0.29) is 11.7 Å². The van der Waals surface area contributed by atoms with Gasteiger partial charge in [-0.3, -0.25) is 4.79 Å². The lowest BCUT2D eigenvalue weighted by molar-refractivity contribution is -0.127. The van der Waals surface area contributed by atoms with Crippen LogP contribution in [0.4, 0.5) is 5.69 Å². The first kappa shape index (κ1) is 18.5. The highest BCUT2D eigenvalue weighted by atomic mass is 32.2. The number of carbonyl (C=O) groups is 1. The van der Waals surface area contributed by atoms with Crippen molar-refractivity contribution >= 4 is 34.7 Å². The number of thioether (sulfide) groups is 1. The molecule has 1 amide bonds. The molecule has 136 valence electrons. The van der Waals surface area contributed by atoms with Crippen molar-refractivity contribution in [3.05, 3.63) is 47.3 Å². The van der Waals surface area contributed by atoms with Crippen LogP contribution in [0, 0.1) is 0 Å². The minimum Gasteiger partial charge on any atom is -0.410 e. The summed E-state index contributed by atoms with van der Waals surface area (Å²) in [7, 11) is 5.81. The maximum Gasteiger partial charge on any atom is 0.277 e. The Hall–Kier alpha value is -2.32. The first-order valence-electron chi connectivity index (χ1n) is 8.03. The van der Waals surface area contributed by atoms with E-state index in [4.69, 9.17) is 4.42 Å². The normalized spacial score (nSPS) is 10.7. The lowest BCUT2D eigenvalue weighted by Crippen LogP contribution is -2.27. The number of thiophene rings is 1. The molecule has 3 rings (SSSR count). The van der Waals surface area contributed by atoms with E-state index >= 15 is 0 Å². The summed E-state index contributed by atoms with van der Waals surface area (Å²) < 4.78 is 5.59. The van der Waals surface area contributed by atoms with E-state index in [1.54, 1.807) is 11.9 Å². The monoisotopic (exact) mass is 388 g/mol. The Kier molecular flexibility index (Phi) is 5.95. The molecule has 6 nitrogen and oxygen atoms in total. The summed E-state index contributed by atoms with van der Waals surface area (Å²) >= 11 is 2.80. The Morgan fingerprint density at radius 3 is 2.58 bits per heavy atom. The average Bonchev–Trinajstić information content (AvgIpc) is 3.31. The molecule has 0 aliphatic rings. The molecule has 8 heteroatoms. The second-order valence-corrected chi connectivity index (χ2v) is 7.82. The molecule has 0 N–H and O–H groups in total. The molecule has 2 aromatic heterocycles. The zero-order valence-corrected chi connectivity index (χ0v) is 16.5. The summed E-state index contributed by atoms with van der Waals surface area (Å²) in [6.45, 7) is 0.567. The van der Waals surface area contributed by atoms with Gasteiger partial charge in [0.25, 0.3) is 11.1 Å². The van der Waals surface area contributed by atoms with Gasteiger partial charge in [0.1, 0.15) is 0 Å². The summed E-state index contributed by atoms with van der Waals surface area (Å²) in [5.74, 6) is 0.769. The third-order valence-corrected chi connectivity index (χ3v) is 5.42. The van der Waals surface area contributed by atoms with Crippen LogP contribution < -0.4 is 4.90 Å². The summed E-state index contributed by atoms with van der Waals surface area (Å²) in [6, 6.07) is 12.0. The van der Waals surface area contributed by atoms with Crippen LogP contribution >= 0.6 is 23.1 Å². The van der Waals surface area contributed by atoms with E-state index in [2.05, 4.69) is 10.2 Å². The van der Waals surface area contributed by atoms with Gasteiger partial charge in [-0.1, -0.05) is 30.0 Å². The molecule has 1 aromatic carbocycles. The predicted octanol–water partition coefficient (Wildman–Crippen LogP) is 3.61. The number of benzene rings is 1. The van der Waals surface area contributed by atoms with Crippen LogP contribution in [0.3, 0.4) is 0 Å². The number of aromatic nitrogens is 2. The predicted molar refractivity (Wildman–Crippen MR) is 106 cm³/mol. The van der Waals surface area contributed by atoms with Crippen LogP contribution in [-0.4, -0.2) is 47.9 Å². The van der Waals surface area contributed by atoms with Crippen LogP contribution in [0.25, 0.3) is 10.8 Å². The van der Waals surface area contributed by atoms with Crippen molar-refractivity contribution in [3.8, 4) is 10.8 Å². The van der Waals surface area contributed by atoms with Crippen molar-refractivity contribution in [3.63, 3.8) is 0 Å². The van der Waals surface area contributed by atoms with Gasteiger partial charge in [-0.2, -0.15) is 0 Å². The van der Waals surface area contributed by atoms with Crippen LogP contribution in [0.1, 0.15) is 5.56 Å². The van der Waals surface area contributed by atoms with E-state index in [9.17, 15) is 4.79 Å². The highest BCUT2D eigenvalue weighted by molar-refractivity contribution is 7.99. The summed E-state index contributed by atoms with van der Waals surface area (Å²) in [5.41, 5.74) is 2.23. The van der Waals surface area contributed by atoms with Crippen LogP contribution in [0.15, 0.2) is 51.4 Å². The molecule has 0 unspecified atom stereocenters. The first-order valence-corrected chi connectivity index (χ1v) is 9.90. The molecule has 0 saturated carbocycles. The Bertz CT molecular complexity index is 844. The highest BCUT2D eigenvalue weighted by Crippen LogP contribution is 2.26. The minimum absolute atomic E-state index is 0.0163. The fraction of sp³-hybridized carbons (Fsp3) is 0.278. The number of amides is 1. The molecular formula is C18H20N4O2S2. The molecule has 3 aromatic rings. The van der Waals surface area contributed by atoms with E-state index in [0.717, 1.165) is 16.1 Å². The van der Waals surface area contributed by atoms with Crippen molar-refractivity contribution in [2.45, 2.75) is 11.8 Å². The molecule has 0 radical (unpaired) electrons. The molecule has 2 heterocycles. The maximum absolute atomic E-state index is 12.3. The van der Waals surface area contributed by atoms with Gasteiger partial charge >= 0.3 is 0 Å². The average molecular weight is 389 g/mol. The topological polar surface area (TPSA) is 62.5 Å². The van der Waals surface area contributed by atoms with Crippen LogP contribution in [-0.2, 0) is 11.3 Å². The third kappa shape index (κ3) is 4.64. The lowest BCUT2D eigenvalue weighted by Gasteiger charge is -2.18. The number of carbonyl (C=O) groups excluding carboxylic acids is 1. The smallest absolute Gasteiger partial charge is 0.277 e. The summed E-state index contributed by atoms with van der Waals surface area (Å²) in [5, 5.41) is 10.4. The van der Waals surface area contributed by atoms with Crippen molar-refractivity contribution in [2.24, 2.45) is 0 Å².